The first-order chi connectivity index (χ1) is 6.16. The van der Waals surface area contributed by atoms with Crippen LogP contribution in [0.3, 0.4) is 0 Å². The third-order valence-corrected chi connectivity index (χ3v) is 2.99. The third-order valence-electron chi connectivity index (χ3n) is 1.69. The molecule has 1 fully saturated rings. The molecular formula is C9H14O3S. The van der Waals surface area contributed by atoms with Crippen LogP contribution >= 0.6 is 11.8 Å². The molecule has 1 rings (SSSR count). The topological polar surface area (TPSA) is 35.5 Å². The van der Waals surface area contributed by atoms with Crippen LogP contribution in [-0.4, -0.2) is 29.9 Å². The zero-order chi connectivity index (χ0) is 9.73. The molecule has 0 amide bonds. The zero-order valence-electron chi connectivity index (χ0n) is 7.75. The van der Waals surface area contributed by atoms with Crippen LogP contribution in [0.2, 0.25) is 0 Å². The van der Waals surface area contributed by atoms with Gasteiger partial charge in [0.25, 0.3) is 0 Å². The van der Waals surface area contributed by atoms with E-state index in [1.807, 2.05) is 0 Å². The molecule has 0 aromatic carbocycles. The van der Waals surface area contributed by atoms with Crippen molar-refractivity contribution >= 4 is 17.7 Å². The molecule has 3 nitrogen and oxygen atoms in total. The van der Waals surface area contributed by atoms with E-state index < -0.39 is 11.8 Å². The van der Waals surface area contributed by atoms with E-state index in [0.717, 1.165) is 18.2 Å². The first-order valence-electron chi connectivity index (χ1n) is 4.23. The van der Waals surface area contributed by atoms with Crippen LogP contribution in [0, 0.1) is 0 Å². The minimum atomic E-state index is -0.771. The maximum atomic E-state index is 11.0. The average molecular weight is 202 g/mol. The van der Waals surface area contributed by atoms with Crippen LogP contribution in [0.1, 0.15) is 13.3 Å². The van der Waals surface area contributed by atoms with Gasteiger partial charge in [-0.1, -0.05) is 6.58 Å². The van der Waals surface area contributed by atoms with Gasteiger partial charge in [-0.05, 0) is 12.2 Å². The summed E-state index contributed by atoms with van der Waals surface area (Å²) in [4.78, 5) is 11.0. The van der Waals surface area contributed by atoms with Crippen molar-refractivity contribution in [3.8, 4) is 0 Å². The minimum Gasteiger partial charge on any atom is -0.429 e. The van der Waals surface area contributed by atoms with Gasteiger partial charge in [-0.2, -0.15) is 11.8 Å². The number of carbonyl (C=O) groups excluding carboxylic acids is 1. The van der Waals surface area contributed by atoms with Crippen molar-refractivity contribution < 1.29 is 14.3 Å². The molecular weight excluding hydrogens is 188 g/mol. The van der Waals surface area contributed by atoms with Crippen molar-refractivity contribution in [1.29, 1.82) is 0 Å². The van der Waals surface area contributed by atoms with E-state index >= 15 is 0 Å². The molecule has 0 radical (unpaired) electrons. The van der Waals surface area contributed by atoms with E-state index in [4.69, 9.17) is 9.47 Å². The molecule has 0 aromatic rings. The predicted octanol–water partition coefficient (Wildman–Crippen LogP) is 1.59. The molecule has 1 saturated heterocycles. The molecule has 0 saturated carbocycles. The molecule has 1 heterocycles. The Labute approximate surface area is 82.5 Å². The number of thioether (sulfide) groups is 1. The number of hydrogen-bond acceptors (Lipinski definition) is 4. The Bertz CT molecular complexity index is 195. The standard InChI is InChI=1S/C9H14O3S/c1-3-8(10)12-9(2)7-13-6-4-5-11-9/h3H,1,4-7H2,2H3. The first-order valence-corrected chi connectivity index (χ1v) is 5.39. The fraction of sp³-hybridized carbons (Fsp3) is 0.667. The maximum absolute atomic E-state index is 11.0. The molecule has 0 bridgehead atoms. The first kappa shape index (κ1) is 10.6. The molecule has 13 heavy (non-hydrogen) atoms. The van der Waals surface area contributed by atoms with Crippen molar-refractivity contribution in [3.05, 3.63) is 12.7 Å². The number of carbonyl (C=O) groups is 1. The van der Waals surface area contributed by atoms with Gasteiger partial charge < -0.3 is 9.47 Å². The van der Waals surface area contributed by atoms with E-state index in [1.165, 1.54) is 0 Å². The van der Waals surface area contributed by atoms with E-state index in [2.05, 4.69) is 6.58 Å². The summed E-state index contributed by atoms with van der Waals surface area (Å²) in [5, 5.41) is 0. The van der Waals surface area contributed by atoms with Crippen molar-refractivity contribution in [2.45, 2.75) is 19.1 Å². The fourth-order valence-corrected chi connectivity index (χ4v) is 2.04. The van der Waals surface area contributed by atoms with Gasteiger partial charge in [0.1, 0.15) is 0 Å². The van der Waals surface area contributed by atoms with E-state index in [-0.39, 0.29) is 0 Å². The average Bonchev–Trinajstić information content (AvgIpc) is 2.30. The van der Waals surface area contributed by atoms with Crippen LogP contribution < -0.4 is 0 Å². The van der Waals surface area contributed by atoms with Gasteiger partial charge in [0, 0.05) is 13.0 Å². The lowest BCUT2D eigenvalue weighted by atomic mass is 10.3. The molecule has 74 valence electrons. The largest absolute Gasteiger partial charge is 0.429 e. The highest BCUT2D eigenvalue weighted by atomic mass is 32.2. The van der Waals surface area contributed by atoms with E-state index in [0.29, 0.717) is 12.4 Å². The molecule has 1 aliphatic rings. The Balaban J connectivity index is 2.51. The molecule has 1 unspecified atom stereocenters. The van der Waals surface area contributed by atoms with Gasteiger partial charge in [-0.15, -0.1) is 0 Å². The molecule has 0 aliphatic carbocycles. The molecule has 1 aliphatic heterocycles. The SMILES string of the molecule is C=CC(=O)OC1(C)CSCCCO1. The Morgan fingerprint density at radius 3 is 3.23 bits per heavy atom. The Kier molecular flexibility index (Phi) is 3.81. The van der Waals surface area contributed by atoms with Crippen LogP contribution in [0.4, 0.5) is 0 Å². The van der Waals surface area contributed by atoms with Gasteiger partial charge in [-0.3, -0.25) is 0 Å². The minimum absolute atomic E-state index is 0.426. The van der Waals surface area contributed by atoms with E-state index in [1.54, 1.807) is 18.7 Å². The number of ether oxygens (including phenoxy) is 2. The molecule has 0 spiro atoms. The smallest absolute Gasteiger partial charge is 0.332 e. The highest BCUT2D eigenvalue weighted by Gasteiger charge is 2.30. The molecule has 1 atom stereocenters. The lowest BCUT2D eigenvalue weighted by Gasteiger charge is -2.26. The second-order valence-electron chi connectivity index (χ2n) is 3.01. The normalized spacial score (nSPS) is 29.0. The van der Waals surface area contributed by atoms with Crippen LogP contribution in [0.15, 0.2) is 12.7 Å². The summed E-state index contributed by atoms with van der Waals surface area (Å²) in [5.74, 6) is 0.547. The third kappa shape index (κ3) is 3.40. The molecule has 0 aromatic heterocycles. The highest BCUT2D eigenvalue weighted by molar-refractivity contribution is 7.99. The number of hydrogen-bond donors (Lipinski definition) is 0. The van der Waals surface area contributed by atoms with E-state index in [9.17, 15) is 4.79 Å². The summed E-state index contributed by atoms with van der Waals surface area (Å²) in [6.45, 7) is 5.77. The Morgan fingerprint density at radius 2 is 2.54 bits per heavy atom. The summed E-state index contributed by atoms with van der Waals surface area (Å²) >= 11 is 1.74. The summed E-state index contributed by atoms with van der Waals surface area (Å²) in [6.07, 6.45) is 2.16. The number of rotatable bonds is 2. The zero-order valence-corrected chi connectivity index (χ0v) is 8.56. The molecule has 4 heteroatoms. The Morgan fingerprint density at radius 1 is 1.77 bits per heavy atom. The summed E-state index contributed by atoms with van der Waals surface area (Å²) in [7, 11) is 0. The van der Waals surface area contributed by atoms with Crippen molar-refractivity contribution in [3.63, 3.8) is 0 Å². The second kappa shape index (κ2) is 4.67. The maximum Gasteiger partial charge on any atom is 0.332 e. The quantitative estimate of drug-likeness (QED) is 0.503. The van der Waals surface area contributed by atoms with Gasteiger partial charge in [0.15, 0.2) is 0 Å². The number of esters is 1. The van der Waals surface area contributed by atoms with Gasteiger partial charge in [0.2, 0.25) is 5.79 Å². The van der Waals surface area contributed by atoms with Crippen molar-refractivity contribution in [2.75, 3.05) is 18.1 Å². The summed E-state index contributed by atoms with van der Waals surface area (Å²) < 4.78 is 10.6. The van der Waals surface area contributed by atoms with Gasteiger partial charge in [0.05, 0.1) is 12.4 Å². The van der Waals surface area contributed by atoms with Crippen LogP contribution in [0.25, 0.3) is 0 Å². The fourth-order valence-electron chi connectivity index (χ4n) is 1.06. The van der Waals surface area contributed by atoms with Crippen molar-refractivity contribution in [2.24, 2.45) is 0 Å². The molecule has 0 N–H and O–H groups in total. The summed E-state index contributed by atoms with van der Waals surface area (Å²) in [6, 6.07) is 0. The second-order valence-corrected chi connectivity index (χ2v) is 4.12. The van der Waals surface area contributed by atoms with Crippen LogP contribution in [0.5, 0.6) is 0 Å². The summed E-state index contributed by atoms with van der Waals surface area (Å²) in [5.41, 5.74) is 0. The van der Waals surface area contributed by atoms with Crippen molar-refractivity contribution in [1.82, 2.24) is 0 Å². The Hall–Kier alpha value is -0.480. The highest BCUT2D eigenvalue weighted by Crippen LogP contribution is 2.23. The van der Waals surface area contributed by atoms with Gasteiger partial charge >= 0.3 is 5.97 Å². The van der Waals surface area contributed by atoms with Crippen LogP contribution in [-0.2, 0) is 14.3 Å². The lowest BCUT2D eigenvalue weighted by Crippen LogP contribution is -2.36. The predicted molar refractivity (Wildman–Crippen MR) is 52.6 cm³/mol. The van der Waals surface area contributed by atoms with Gasteiger partial charge in [-0.25, -0.2) is 4.79 Å². The lowest BCUT2D eigenvalue weighted by molar-refractivity contribution is -0.207. The monoisotopic (exact) mass is 202 g/mol.